The molecular formula is C22H25N3O3S. The van der Waals surface area contributed by atoms with E-state index in [0.717, 1.165) is 25.9 Å². The summed E-state index contributed by atoms with van der Waals surface area (Å²) in [4.78, 5) is 26.8. The van der Waals surface area contributed by atoms with Crippen LogP contribution in [0.2, 0.25) is 0 Å². The molecule has 29 heavy (non-hydrogen) atoms. The number of benzene rings is 2. The Balaban J connectivity index is 1.55. The molecule has 1 aliphatic heterocycles. The van der Waals surface area contributed by atoms with E-state index in [1.165, 1.54) is 12.8 Å². The number of hydrogen-bond acceptors (Lipinski definition) is 4. The van der Waals surface area contributed by atoms with Crippen molar-refractivity contribution in [3.63, 3.8) is 0 Å². The molecule has 1 fully saturated rings. The van der Waals surface area contributed by atoms with Crippen LogP contribution in [0.3, 0.4) is 0 Å². The first kappa shape index (κ1) is 20.8. The van der Waals surface area contributed by atoms with Gasteiger partial charge in [0.2, 0.25) is 0 Å². The number of amides is 2. The first-order chi connectivity index (χ1) is 14.1. The molecule has 0 aliphatic carbocycles. The predicted molar refractivity (Wildman–Crippen MR) is 117 cm³/mol. The Bertz CT molecular complexity index is 858. The molecule has 7 heteroatoms. The first-order valence-electron chi connectivity index (χ1n) is 9.72. The Hall–Kier alpha value is -2.93. The number of nitrogens with zero attached hydrogens (tertiary/aromatic N) is 1. The van der Waals surface area contributed by atoms with Gasteiger partial charge in [-0.1, -0.05) is 12.8 Å². The molecule has 3 rings (SSSR count). The van der Waals surface area contributed by atoms with Gasteiger partial charge in [-0.15, -0.1) is 0 Å². The molecule has 2 aromatic rings. The Kier molecular flexibility index (Phi) is 7.19. The van der Waals surface area contributed by atoms with Crippen LogP contribution in [0, 0.1) is 0 Å². The van der Waals surface area contributed by atoms with Crippen LogP contribution in [0.15, 0.2) is 48.5 Å². The van der Waals surface area contributed by atoms with Crippen molar-refractivity contribution in [1.29, 1.82) is 0 Å². The third kappa shape index (κ3) is 5.77. The van der Waals surface area contributed by atoms with Crippen LogP contribution in [0.4, 0.5) is 5.69 Å². The molecule has 1 heterocycles. The second kappa shape index (κ2) is 10.0. The van der Waals surface area contributed by atoms with Crippen LogP contribution in [0.25, 0.3) is 0 Å². The van der Waals surface area contributed by atoms with E-state index in [4.69, 9.17) is 17.0 Å². The van der Waals surface area contributed by atoms with Crippen molar-refractivity contribution in [1.82, 2.24) is 10.2 Å². The van der Waals surface area contributed by atoms with E-state index < -0.39 is 0 Å². The highest BCUT2D eigenvalue weighted by atomic mass is 32.1. The molecular weight excluding hydrogens is 386 g/mol. The maximum absolute atomic E-state index is 12.6. The Morgan fingerprint density at radius 2 is 1.48 bits per heavy atom. The highest BCUT2D eigenvalue weighted by Crippen LogP contribution is 2.16. The highest BCUT2D eigenvalue weighted by Gasteiger charge is 2.17. The van der Waals surface area contributed by atoms with E-state index in [2.05, 4.69) is 10.6 Å². The normalized spacial score (nSPS) is 13.9. The largest absolute Gasteiger partial charge is 0.497 e. The summed E-state index contributed by atoms with van der Waals surface area (Å²) in [7, 11) is 1.57. The topological polar surface area (TPSA) is 70.7 Å². The molecule has 1 saturated heterocycles. The summed E-state index contributed by atoms with van der Waals surface area (Å²) in [5.74, 6) is 0.434. The Labute approximate surface area is 176 Å². The lowest BCUT2D eigenvalue weighted by atomic mass is 10.1. The minimum absolute atomic E-state index is 0.0637. The molecule has 152 valence electrons. The maximum atomic E-state index is 12.6. The van der Waals surface area contributed by atoms with E-state index in [9.17, 15) is 9.59 Å². The number of hydrogen-bond donors (Lipinski definition) is 2. The van der Waals surface area contributed by atoms with Gasteiger partial charge < -0.3 is 15.0 Å². The molecule has 0 unspecified atom stereocenters. The van der Waals surface area contributed by atoms with Crippen molar-refractivity contribution in [2.75, 3.05) is 25.5 Å². The van der Waals surface area contributed by atoms with Crippen LogP contribution in [0.5, 0.6) is 5.75 Å². The van der Waals surface area contributed by atoms with Gasteiger partial charge in [0, 0.05) is 29.9 Å². The fourth-order valence-corrected chi connectivity index (χ4v) is 3.44. The molecule has 0 atom stereocenters. The van der Waals surface area contributed by atoms with Crippen LogP contribution >= 0.6 is 12.2 Å². The van der Waals surface area contributed by atoms with E-state index in [1.807, 2.05) is 4.90 Å². The lowest BCUT2D eigenvalue weighted by Gasteiger charge is -2.20. The van der Waals surface area contributed by atoms with Crippen molar-refractivity contribution in [2.24, 2.45) is 0 Å². The van der Waals surface area contributed by atoms with Crippen LogP contribution in [0.1, 0.15) is 46.4 Å². The molecule has 2 N–H and O–H groups in total. The van der Waals surface area contributed by atoms with E-state index >= 15 is 0 Å². The second-order valence-corrected chi connectivity index (χ2v) is 7.33. The average Bonchev–Trinajstić information content (AvgIpc) is 3.03. The number of rotatable bonds is 4. The van der Waals surface area contributed by atoms with Gasteiger partial charge in [0.25, 0.3) is 11.8 Å². The molecule has 2 amide bonds. The second-order valence-electron chi connectivity index (χ2n) is 6.92. The molecule has 0 bridgehead atoms. The van der Waals surface area contributed by atoms with Crippen molar-refractivity contribution in [3.8, 4) is 5.75 Å². The van der Waals surface area contributed by atoms with E-state index in [1.54, 1.807) is 55.6 Å². The standard InChI is InChI=1S/C22H25N3O3S/c1-28-19-12-8-16(9-13-19)20(26)24-22(29)23-18-10-6-17(7-11-18)21(27)25-14-4-2-3-5-15-25/h6-13H,2-5,14-15H2,1H3,(H2,23,24,26,29). The van der Waals surface area contributed by atoms with Gasteiger partial charge in [0.05, 0.1) is 7.11 Å². The van der Waals surface area contributed by atoms with Gasteiger partial charge in [0.1, 0.15) is 5.75 Å². The summed E-state index contributed by atoms with van der Waals surface area (Å²) < 4.78 is 5.08. The number of nitrogens with one attached hydrogen (secondary N) is 2. The summed E-state index contributed by atoms with van der Waals surface area (Å²) in [6.07, 6.45) is 4.50. The maximum Gasteiger partial charge on any atom is 0.257 e. The molecule has 0 radical (unpaired) electrons. The Morgan fingerprint density at radius 3 is 2.07 bits per heavy atom. The average molecular weight is 412 g/mol. The third-order valence-electron chi connectivity index (χ3n) is 4.86. The Morgan fingerprint density at radius 1 is 0.897 bits per heavy atom. The zero-order valence-corrected chi connectivity index (χ0v) is 17.3. The zero-order chi connectivity index (χ0) is 20.6. The van der Waals surface area contributed by atoms with Crippen molar-refractivity contribution < 1.29 is 14.3 Å². The molecule has 2 aromatic carbocycles. The number of carbonyl (C=O) groups is 2. The summed E-state index contributed by atoms with van der Waals surface area (Å²) in [5.41, 5.74) is 1.84. The van der Waals surface area contributed by atoms with Gasteiger partial charge in [0.15, 0.2) is 5.11 Å². The summed E-state index contributed by atoms with van der Waals surface area (Å²) in [6.45, 7) is 1.64. The summed E-state index contributed by atoms with van der Waals surface area (Å²) >= 11 is 5.22. The molecule has 6 nitrogen and oxygen atoms in total. The van der Waals surface area contributed by atoms with Gasteiger partial charge in [-0.25, -0.2) is 0 Å². The highest BCUT2D eigenvalue weighted by molar-refractivity contribution is 7.80. The van der Waals surface area contributed by atoms with E-state index in [-0.39, 0.29) is 16.9 Å². The molecule has 0 spiro atoms. The fourth-order valence-electron chi connectivity index (χ4n) is 3.23. The van der Waals surface area contributed by atoms with Crippen LogP contribution in [-0.4, -0.2) is 42.0 Å². The van der Waals surface area contributed by atoms with Crippen LogP contribution < -0.4 is 15.4 Å². The summed E-state index contributed by atoms with van der Waals surface area (Å²) in [5, 5.41) is 5.81. The number of methoxy groups -OCH3 is 1. The molecule has 1 aliphatic rings. The third-order valence-corrected chi connectivity index (χ3v) is 5.07. The number of ether oxygens (including phenoxy) is 1. The van der Waals surface area contributed by atoms with Crippen molar-refractivity contribution >= 4 is 34.8 Å². The van der Waals surface area contributed by atoms with Gasteiger partial charge in [-0.05, 0) is 73.6 Å². The minimum atomic E-state index is -0.307. The monoisotopic (exact) mass is 411 g/mol. The SMILES string of the molecule is COc1ccc(C(=O)NC(=S)Nc2ccc(C(=O)N3CCCCCC3)cc2)cc1. The van der Waals surface area contributed by atoms with Gasteiger partial charge in [-0.3, -0.25) is 14.9 Å². The molecule has 0 aromatic heterocycles. The molecule has 0 saturated carbocycles. The minimum Gasteiger partial charge on any atom is -0.497 e. The van der Waals surface area contributed by atoms with E-state index in [0.29, 0.717) is 22.6 Å². The number of thiocarbonyl (C=S) groups is 1. The van der Waals surface area contributed by atoms with Crippen molar-refractivity contribution in [3.05, 3.63) is 59.7 Å². The van der Waals surface area contributed by atoms with Crippen molar-refractivity contribution in [2.45, 2.75) is 25.7 Å². The number of likely N-dealkylation sites (tertiary alicyclic amines) is 1. The smallest absolute Gasteiger partial charge is 0.257 e. The number of anilines is 1. The van der Waals surface area contributed by atoms with Gasteiger partial charge >= 0.3 is 0 Å². The summed E-state index contributed by atoms with van der Waals surface area (Å²) in [6, 6.07) is 13.9. The lowest BCUT2D eigenvalue weighted by molar-refractivity contribution is 0.0761. The fraction of sp³-hybridized carbons (Fsp3) is 0.318. The zero-order valence-electron chi connectivity index (χ0n) is 16.4. The first-order valence-corrected chi connectivity index (χ1v) is 10.1. The number of carbonyl (C=O) groups excluding carboxylic acids is 2. The van der Waals surface area contributed by atoms with Gasteiger partial charge in [-0.2, -0.15) is 0 Å². The predicted octanol–water partition coefficient (Wildman–Crippen LogP) is 3.84. The lowest BCUT2D eigenvalue weighted by Crippen LogP contribution is -2.34. The van der Waals surface area contributed by atoms with Crippen LogP contribution in [-0.2, 0) is 0 Å². The quantitative estimate of drug-likeness (QED) is 0.748.